The van der Waals surface area contributed by atoms with E-state index < -0.39 is 6.10 Å². The zero-order valence-corrected chi connectivity index (χ0v) is 12.0. The summed E-state index contributed by atoms with van der Waals surface area (Å²) in [5.74, 6) is 0. The minimum atomic E-state index is -0.479. The molecule has 106 valence electrons. The van der Waals surface area contributed by atoms with Gasteiger partial charge in [-0.25, -0.2) is 0 Å². The van der Waals surface area contributed by atoms with Gasteiger partial charge in [0, 0.05) is 19.3 Å². The van der Waals surface area contributed by atoms with Crippen LogP contribution in [0.15, 0.2) is 60.7 Å². The van der Waals surface area contributed by atoms with Crippen LogP contribution in [0, 0.1) is 0 Å². The first kappa shape index (κ1) is 14.6. The Morgan fingerprint density at radius 3 is 2.10 bits per heavy atom. The number of anilines is 1. The fraction of sp³-hybridized carbons (Fsp3) is 0.294. The number of rotatable bonds is 6. The largest absolute Gasteiger partial charge is 0.389 e. The molecule has 2 rings (SSSR count). The third-order valence-electron chi connectivity index (χ3n) is 3.50. The number of hydrogen-bond acceptors (Lipinski definition) is 3. The standard InChI is InChI=1S/C17H22N2O/c1-18-13-16(20)17(14-9-5-3-6-10-14)19(2)15-11-7-4-8-12-15/h3-12,16-18,20H,13H2,1-2H3/t16-,17-/m0/s1. The molecule has 0 unspecified atom stereocenters. The van der Waals surface area contributed by atoms with Gasteiger partial charge in [0.1, 0.15) is 0 Å². The molecule has 0 amide bonds. The van der Waals surface area contributed by atoms with Crippen molar-refractivity contribution in [2.24, 2.45) is 0 Å². The van der Waals surface area contributed by atoms with Crippen LogP contribution in [-0.4, -0.2) is 31.9 Å². The minimum absolute atomic E-state index is 0.0777. The van der Waals surface area contributed by atoms with Crippen LogP contribution in [0.5, 0.6) is 0 Å². The van der Waals surface area contributed by atoms with E-state index in [0.29, 0.717) is 6.54 Å². The van der Waals surface area contributed by atoms with Gasteiger partial charge in [0.25, 0.3) is 0 Å². The van der Waals surface area contributed by atoms with Crippen molar-refractivity contribution in [3.63, 3.8) is 0 Å². The number of aliphatic hydroxyl groups excluding tert-OH is 1. The van der Waals surface area contributed by atoms with Crippen LogP contribution in [0.3, 0.4) is 0 Å². The molecule has 0 aliphatic rings. The molecular formula is C17H22N2O. The number of likely N-dealkylation sites (N-methyl/N-ethyl adjacent to an activating group) is 2. The van der Waals surface area contributed by atoms with Crippen LogP contribution in [0.4, 0.5) is 5.69 Å². The highest BCUT2D eigenvalue weighted by Crippen LogP contribution is 2.28. The molecule has 0 saturated carbocycles. The van der Waals surface area contributed by atoms with Crippen LogP contribution >= 0.6 is 0 Å². The summed E-state index contributed by atoms with van der Waals surface area (Å²) in [6.45, 7) is 0.552. The van der Waals surface area contributed by atoms with E-state index in [1.54, 1.807) is 0 Å². The van der Waals surface area contributed by atoms with Crippen molar-refractivity contribution in [2.75, 3.05) is 25.5 Å². The third kappa shape index (κ3) is 3.38. The Morgan fingerprint density at radius 2 is 1.55 bits per heavy atom. The van der Waals surface area contributed by atoms with Gasteiger partial charge in [0.05, 0.1) is 12.1 Å². The van der Waals surface area contributed by atoms with Gasteiger partial charge in [-0.15, -0.1) is 0 Å². The van der Waals surface area contributed by atoms with E-state index in [4.69, 9.17) is 0 Å². The minimum Gasteiger partial charge on any atom is -0.389 e. The topological polar surface area (TPSA) is 35.5 Å². The molecule has 2 N–H and O–H groups in total. The Bertz CT molecular complexity index is 501. The van der Waals surface area contributed by atoms with Crippen molar-refractivity contribution in [3.05, 3.63) is 66.2 Å². The lowest BCUT2D eigenvalue weighted by Crippen LogP contribution is -2.39. The Hall–Kier alpha value is -1.84. The molecule has 0 aromatic heterocycles. The van der Waals surface area contributed by atoms with Crippen molar-refractivity contribution in [2.45, 2.75) is 12.1 Å². The maximum atomic E-state index is 10.5. The van der Waals surface area contributed by atoms with E-state index in [1.165, 1.54) is 0 Å². The Labute approximate surface area is 120 Å². The summed E-state index contributed by atoms with van der Waals surface area (Å²) in [6, 6.07) is 20.2. The molecule has 3 nitrogen and oxygen atoms in total. The molecule has 20 heavy (non-hydrogen) atoms. The fourth-order valence-corrected chi connectivity index (χ4v) is 2.50. The van der Waals surface area contributed by atoms with E-state index in [9.17, 15) is 5.11 Å². The number of nitrogens with one attached hydrogen (secondary N) is 1. The summed E-state index contributed by atoms with van der Waals surface area (Å²) >= 11 is 0. The van der Waals surface area contributed by atoms with E-state index in [0.717, 1.165) is 11.3 Å². The molecule has 0 radical (unpaired) electrons. The molecule has 0 saturated heterocycles. The fourth-order valence-electron chi connectivity index (χ4n) is 2.50. The molecule has 2 atom stereocenters. The summed E-state index contributed by atoms with van der Waals surface area (Å²) in [5, 5.41) is 13.5. The molecule has 0 aliphatic carbocycles. The zero-order chi connectivity index (χ0) is 14.4. The van der Waals surface area contributed by atoms with Gasteiger partial charge in [0.2, 0.25) is 0 Å². The quantitative estimate of drug-likeness (QED) is 0.846. The highest BCUT2D eigenvalue weighted by Gasteiger charge is 2.25. The lowest BCUT2D eigenvalue weighted by Gasteiger charge is -2.34. The molecular weight excluding hydrogens is 248 g/mol. The Kier molecular flexibility index (Phi) is 5.16. The van der Waals surface area contributed by atoms with Crippen LogP contribution in [0.2, 0.25) is 0 Å². The van der Waals surface area contributed by atoms with Gasteiger partial charge in [-0.1, -0.05) is 48.5 Å². The van der Waals surface area contributed by atoms with E-state index in [1.807, 2.05) is 50.5 Å². The molecule has 3 heteroatoms. The zero-order valence-electron chi connectivity index (χ0n) is 12.0. The molecule has 0 bridgehead atoms. The number of nitrogens with zero attached hydrogens (tertiary/aromatic N) is 1. The predicted molar refractivity (Wildman–Crippen MR) is 84.0 cm³/mol. The first-order chi connectivity index (χ1) is 9.74. The van der Waals surface area contributed by atoms with Crippen molar-refractivity contribution < 1.29 is 5.11 Å². The van der Waals surface area contributed by atoms with Gasteiger partial charge < -0.3 is 15.3 Å². The van der Waals surface area contributed by atoms with Crippen molar-refractivity contribution in [1.29, 1.82) is 0 Å². The van der Waals surface area contributed by atoms with Crippen molar-refractivity contribution in [3.8, 4) is 0 Å². The van der Waals surface area contributed by atoms with Gasteiger partial charge >= 0.3 is 0 Å². The van der Waals surface area contributed by atoms with E-state index in [-0.39, 0.29) is 6.04 Å². The van der Waals surface area contributed by atoms with E-state index in [2.05, 4.69) is 34.5 Å². The third-order valence-corrected chi connectivity index (χ3v) is 3.50. The summed E-state index contributed by atoms with van der Waals surface area (Å²) in [4.78, 5) is 2.12. The number of benzene rings is 2. The smallest absolute Gasteiger partial charge is 0.0909 e. The summed E-state index contributed by atoms with van der Waals surface area (Å²) in [6.07, 6.45) is -0.479. The first-order valence-corrected chi connectivity index (χ1v) is 6.89. The SMILES string of the molecule is CNC[C@H](O)[C@H](c1ccccc1)N(C)c1ccccc1. The number of aliphatic hydroxyl groups is 1. The molecule has 0 spiro atoms. The van der Waals surface area contributed by atoms with Gasteiger partial charge in [-0.05, 0) is 24.7 Å². The van der Waals surface area contributed by atoms with Crippen LogP contribution in [0.1, 0.15) is 11.6 Å². The van der Waals surface area contributed by atoms with Crippen molar-refractivity contribution in [1.82, 2.24) is 5.32 Å². The maximum absolute atomic E-state index is 10.5. The van der Waals surface area contributed by atoms with Crippen LogP contribution < -0.4 is 10.2 Å². The summed E-state index contributed by atoms with van der Waals surface area (Å²) in [7, 11) is 3.87. The predicted octanol–water partition coefficient (Wildman–Crippen LogP) is 2.44. The lowest BCUT2D eigenvalue weighted by molar-refractivity contribution is 0.142. The van der Waals surface area contributed by atoms with Crippen LogP contribution in [-0.2, 0) is 0 Å². The van der Waals surface area contributed by atoms with E-state index >= 15 is 0 Å². The number of hydrogen-bond donors (Lipinski definition) is 2. The molecule has 0 fully saturated rings. The lowest BCUT2D eigenvalue weighted by atomic mass is 9.99. The average molecular weight is 270 g/mol. The van der Waals surface area contributed by atoms with Gasteiger partial charge in [-0.2, -0.15) is 0 Å². The molecule has 2 aromatic carbocycles. The average Bonchev–Trinajstić information content (AvgIpc) is 2.50. The molecule has 0 aliphatic heterocycles. The second-order valence-electron chi connectivity index (χ2n) is 4.93. The highest BCUT2D eigenvalue weighted by atomic mass is 16.3. The van der Waals surface area contributed by atoms with Gasteiger partial charge in [-0.3, -0.25) is 0 Å². The molecule has 0 heterocycles. The van der Waals surface area contributed by atoms with Crippen molar-refractivity contribution >= 4 is 5.69 Å². The molecule has 2 aromatic rings. The Morgan fingerprint density at radius 1 is 1.00 bits per heavy atom. The van der Waals surface area contributed by atoms with Gasteiger partial charge in [0.15, 0.2) is 0 Å². The second-order valence-corrected chi connectivity index (χ2v) is 4.93. The first-order valence-electron chi connectivity index (χ1n) is 6.89. The van der Waals surface area contributed by atoms with Crippen LogP contribution in [0.25, 0.3) is 0 Å². The second kappa shape index (κ2) is 7.08. The normalized spacial score (nSPS) is 13.8. The maximum Gasteiger partial charge on any atom is 0.0909 e. The highest BCUT2D eigenvalue weighted by molar-refractivity contribution is 5.48. The summed E-state index contributed by atoms with van der Waals surface area (Å²) in [5.41, 5.74) is 2.21. The Balaban J connectivity index is 2.31. The summed E-state index contributed by atoms with van der Waals surface area (Å²) < 4.78 is 0. The monoisotopic (exact) mass is 270 g/mol. The number of para-hydroxylation sites is 1.